The third kappa shape index (κ3) is 6.03. The van der Waals surface area contributed by atoms with E-state index in [2.05, 4.69) is 32.7 Å². The Labute approximate surface area is 133 Å². The lowest BCUT2D eigenvalue weighted by Crippen LogP contribution is -2.38. The van der Waals surface area contributed by atoms with Gasteiger partial charge in [-0.3, -0.25) is 4.99 Å². The van der Waals surface area contributed by atoms with E-state index in [9.17, 15) is 0 Å². The summed E-state index contributed by atoms with van der Waals surface area (Å²) >= 11 is 0. The normalized spacial score (nSPS) is 16.2. The Kier molecular flexibility index (Phi) is 7.19. The van der Waals surface area contributed by atoms with E-state index in [4.69, 9.17) is 4.52 Å². The molecular weight excluding hydrogens is 278 g/mol. The molecule has 124 valence electrons. The van der Waals surface area contributed by atoms with Crippen molar-refractivity contribution in [1.29, 1.82) is 0 Å². The predicted octanol–water partition coefficient (Wildman–Crippen LogP) is 2.45. The molecule has 0 amide bonds. The van der Waals surface area contributed by atoms with E-state index in [-0.39, 0.29) is 0 Å². The number of aryl methyl sites for hydroxylation is 1. The molecule has 2 rings (SSSR count). The predicted molar refractivity (Wildman–Crippen MR) is 87.9 cm³/mol. The summed E-state index contributed by atoms with van der Waals surface area (Å²) in [4.78, 5) is 8.83. The molecule has 0 aromatic carbocycles. The highest BCUT2D eigenvalue weighted by Crippen LogP contribution is 2.28. The van der Waals surface area contributed by atoms with Crippen molar-refractivity contribution in [2.24, 2.45) is 10.9 Å². The first-order chi connectivity index (χ1) is 10.8. The van der Waals surface area contributed by atoms with Gasteiger partial charge in [0.15, 0.2) is 11.8 Å². The Morgan fingerprint density at radius 2 is 2.14 bits per heavy atom. The Bertz CT molecular complexity index is 451. The maximum atomic E-state index is 5.10. The quantitative estimate of drug-likeness (QED) is 0.438. The highest BCUT2D eigenvalue weighted by Gasteiger charge is 2.13. The van der Waals surface area contributed by atoms with Crippen molar-refractivity contribution in [3.05, 3.63) is 11.7 Å². The van der Waals surface area contributed by atoms with Crippen LogP contribution in [-0.4, -0.2) is 35.7 Å². The van der Waals surface area contributed by atoms with Gasteiger partial charge in [-0.25, -0.2) is 0 Å². The number of aliphatic imine (C=N–C) groups is 1. The average Bonchev–Trinajstić information content (AvgIpc) is 3.15. The summed E-state index contributed by atoms with van der Waals surface area (Å²) in [7, 11) is 0. The first-order valence-electron chi connectivity index (χ1n) is 8.59. The van der Waals surface area contributed by atoms with Crippen molar-refractivity contribution < 1.29 is 4.52 Å². The number of hydrogen-bond donors (Lipinski definition) is 2. The number of aromatic nitrogens is 2. The number of nitrogens with zero attached hydrogens (tertiary/aromatic N) is 3. The second-order valence-corrected chi connectivity index (χ2v) is 5.97. The molecule has 0 saturated heterocycles. The van der Waals surface area contributed by atoms with Gasteiger partial charge in [-0.05, 0) is 32.6 Å². The van der Waals surface area contributed by atoms with Crippen molar-refractivity contribution in [2.45, 2.75) is 58.8 Å². The molecule has 0 atom stereocenters. The molecule has 0 unspecified atom stereocenters. The standard InChI is InChI=1S/C16H29N5O/c1-3-17-16(18-11-6-9-14-7-4-5-8-14)19-12-10-15-20-13(2)21-22-15/h14H,3-12H2,1-2H3,(H2,17,18,19). The largest absolute Gasteiger partial charge is 0.357 e. The van der Waals surface area contributed by atoms with Crippen LogP contribution in [0.2, 0.25) is 0 Å². The summed E-state index contributed by atoms with van der Waals surface area (Å²) in [5.74, 6) is 3.18. The third-order valence-electron chi connectivity index (χ3n) is 4.06. The van der Waals surface area contributed by atoms with Gasteiger partial charge in [-0.2, -0.15) is 4.98 Å². The highest BCUT2D eigenvalue weighted by atomic mass is 16.5. The van der Waals surface area contributed by atoms with E-state index >= 15 is 0 Å². The Morgan fingerprint density at radius 1 is 1.32 bits per heavy atom. The van der Waals surface area contributed by atoms with Crippen LogP contribution in [0.5, 0.6) is 0 Å². The molecule has 0 spiro atoms. The van der Waals surface area contributed by atoms with Crippen molar-refractivity contribution in [3.63, 3.8) is 0 Å². The van der Waals surface area contributed by atoms with E-state index in [1.54, 1.807) is 0 Å². The minimum atomic E-state index is 0.669. The topological polar surface area (TPSA) is 75.3 Å². The maximum Gasteiger partial charge on any atom is 0.228 e. The van der Waals surface area contributed by atoms with Gasteiger partial charge >= 0.3 is 0 Å². The molecule has 0 aliphatic heterocycles. The fraction of sp³-hybridized carbons (Fsp3) is 0.812. The number of guanidine groups is 1. The Morgan fingerprint density at radius 3 is 2.82 bits per heavy atom. The molecule has 1 aliphatic rings. The fourth-order valence-electron chi connectivity index (χ4n) is 2.94. The second-order valence-electron chi connectivity index (χ2n) is 5.97. The van der Waals surface area contributed by atoms with Crippen molar-refractivity contribution >= 4 is 5.96 Å². The summed E-state index contributed by atoms with van der Waals surface area (Å²) in [5, 5.41) is 10.4. The summed E-state index contributed by atoms with van der Waals surface area (Å²) in [6, 6.07) is 0. The third-order valence-corrected chi connectivity index (χ3v) is 4.06. The van der Waals surface area contributed by atoms with Gasteiger partial charge < -0.3 is 15.2 Å². The first kappa shape index (κ1) is 16.8. The molecular formula is C16H29N5O. The van der Waals surface area contributed by atoms with Crippen LogP contribution in [0.25, 0.3) is 0 Å². The number of hydrogen-bond acceptors (Lipinski definition) is 4. The lowest BCUT2D eigenvalue weighted by molar-refractivity contribution is 0.374. The molecule has 6 heteroatoms. The van der Waals surface area contributed by atoms with Crippen LogP contribution in [-0.2, 0) is 6.42 Å². The molecule has 2 N–H and O–H groups in total. The van der Waals surface area contributed by atoms with Crippen molar-refractivity contribution in [3.8, 4) is 0 Å². The van der Waals surface area contributed by atoms with Gasteiger partial charge in [0, 0.05) is 26.1 Å². The zero-order valence-electron chi connectivity index (χ0n) is 13.9. The molecule has 0 bridgehead atoms. The highest BCUT2D eigenvalue weighted by molar-refractivity contribution is 5.79. The van der Waals surface area contributed by atoms with E-state index < -0.39 is 0 Å². The summed E-state index contributed by atoms with van der Waals surface area (Å²) in [5.41, 5.74) is 0. The molecule has 1 fully saturated rings. The monoisotopic (exact) mass is 307 g/mol. The van der Waals surface area contributed by atoms with Gasteiger partial charge in [-0.1, -0.05) is 30.8 Å². The molecule has 1 aliphatic carbocycles. The molecule has 0 radical (unpaired) electrons. The van der Waals surface area contributed by atoms with Crippen LogP contribution in [0, 0.1) is 12.8 Å². The van der Waals surface area contributed by atoms with Crippen LogP contribution >= 0.6 is 0 Å². The number of nitrogens with one attached hydrogen (secondary N) is 2. The van der Waals surface area contributed by atoms with Crippen LogP contribution < -0.4 is 10.6 Å². The molecule has 1 saturated carbocycles. The van der Waals surface area contributed by atoms with E-state index in [1.165, 1.54) is 38.5 Å². The molecule has 22 heavy (non-hydrogen) atoms. The maximum absolute atomic E-state index is 5.10. The Hall–Kier alpha value is -1.59. The van der Waals surface area contributed by atoms with Crippen molar-refractivity contribution in [2.75, 3.05) is 19.6 Å². The van der Waals surface area contributed by atoms with Gasteiger partial charge in [0.25, 0.3) is 0 Å². The van der Waals surface area contributed by atoms with E-state index in [0.29, 0.717) is 18.1 Å². The average molecular weight is 307 g/mol. The minimum Gasteiger partial charge on any atom is -0.357 e. The SMILES string of the molecule is CCNC(=NCCCC1CCCC1)NCCc1nc(C)no1. The molecule has 1 aromatic rings. The molecule has 6 nitrogen and oxygen atoms in total. The lowest BCUT2D eigenvalue weighted by atomic mass is 10.0. The van der Waals surface area contributed by atoms with Crippen LogP contribution in [0.15, 0.2) is 9.52 Å². The fourth-order valence-corrected chi connectivity index (χ4v) is 2.94. The molecule has 1 heterocycles. The van der Waals surface area contributed by atoms with Crippen LogP contribution in [0.3, 0.4) is 0 Å². The van der Waals surface area contributed by atoms with Gasteiger partial charge in [0.2, 0.25) is 5.89 Å². The second kappa shape index (κ2) is 9.43. The Balaban J connectivity index is 1.65. The summed E-state index contributed by atoms with van der Waals surface area (Å²) in [6.45, 7) is 6.42. The van der Waals surface area contributed by atoms with Gasteiger partial charge in [0.1, 0.15) is 0 Å². The zero-order chi connectivity index (χ0) is 15.6. The van der Waals surface area contributed by atoms with Crippen LogP contribution in [0.4, 0.5) is 0 Å². The first-order valence-corrected chi connectivity index (χ1v) is 8.59. The molecule has 1 aromatic heterocycles. The summed E-state index contributed by atoms with van der Waals surface area (Å²) < 4.78 is 5.10. The van der Waals surface area contributed by atoms with Gasteiger partial charge in [0.05, 0.1) is 0 Å². The summed E-state index contributed by atoms with van der Waals surface area (Å²) in [6.07, 6.45) is 8.92. The van der Waals surface area contributed by atoms with E-state index in [1.807, 2.05) is 6.92 Å². The lowest BCUT2D eigenvalue weighted by Gasteiger charge is -2.11. The number of rotatable bonds is 8. The zero-order valence-corrected chi connectivity index (χ0v) is 13.9. The smallest absolute Gasteiger partial charge is 0.228 e. The van der Waals surface area contributed by atoms with E-state index in [0.717, 1.165) is 31.5 Å². The van der Waals surface area contributed by atoms with Crippen LogP contribution in [0.1, 0.15) is 57.2 Å². The van der Waals surface area contributed by atoms with Gasteiger partial charge in [-0.15, -0.1) is 0 Å². The minimum absolute atomic E-state index is 0.669. The van der Waals surface area contributed by atoms with Crippen molar-refractivity contribution in [1.82, 2.24) is 20.8 Å².